The molecule has 0 amide bonds. The number of hydrogen-bond donors (Lipinski definition) is 0. The number of hydrogen-bond acceptors (Lipinski definition) is 2. The van der Waals surface area contributed by atoms with Crippen molar-refractivity contribution in [1.82, 2.24) is 0 Å². The molecule has 54 valence electrons. The maximum Gasteiger partial charge on any atom is -1.00 e. The second-order valence-corrected chi connectivity index (χ2v) is 0.986. The van der Waals surface area contributed by atoms with Crippen LogP contribution in [0.2, 0.25) is 5.05 Å². The molecule has 0 bridgehead atoms. The molecule has 0 spiro atoms. The zero-order chi connectivity index (χ0) is 6.83. The van der Waals surface area contributed by atoms with Gasteiger partial charge in [-0.2, -0.15) is 0 Å². The van der Waals surface area contributed by atoms with Gasteiger partial charge in [0.2, 0.25) is 0 Å². The topological polar surface area (TPSA) is 18.5 Å². The molecule has 0 aromatic heterocycles. The smallest absolute Gasteiger partial charge is 1.00 e. The van der Waals surface area contributed by atoms with Crippen molar-refractivity contribution in [2.75, 3.05) is 27.4 Å². The van der Waals surface area contributed by atoms with Crippen LogP contribution < -0.4 is 12.4 Å². The van der Waals surface area contributed by atoms with Crippen LogP contribution in [0.4, 0.5) is 0 Å². The van der Waals surface area contributed by atoms with Crippen molar-refractivity contribution in [2.45, 2.75) is 5.05 Å². The van der Waals surface area contributed by atoms with Crippen LogP contribution in [0.25, 0.3) is 0 Å². The second kappa shape index (κ2) is 23.1. The van der Waals surface area contributed by atoms with Crippen molar-refractivity contribution in [2.24, 2.45) is 0 Å². The maximum absolute atomic E-state index is 4.66. The molecule has 0 aliphatic carbocycles. The predicted octanol–water partition coefficient (Wildman–Crippen LogP) is -2.51. The molecule has 0 saturated heterocycles. The van der Waals surface area contributed by atoms with Gasteiger partial charge in [-0.3, -0.25) is 0 Å². The Morgan fingerprint density at radius 3 is 1.33 bits per heavy atom. The molecule has 0 aromatic carbocycles. The Kier molecular flexibility index (Phi) is 42.3. The molecule has 0 N–H and O–H groups in total. The molecule has 0 unspecified atom stereocenters. The van der Waals surface area contributed by atoms with Crippen molar-refractivity contribution in [3.05, 3.63) is 0 Å². The van der Waals surface area contributed by atoms with E-state index in [-0.39, 0.29) is 12.4 Å². The minimum absolute atomic E-state index is 0. The Labute approximate surface area is 76.1 Å². The Morgan fingerprint density at radius 1 is 1.00 bits per heavy atom. The third kappa shape index (κ3) is 27.6. The summed E-state index contributed by atoms with van der Waals surface area (Å²) in [5.41, 5.74) is 0. The second-order valence-electron chi connectivity index (χ2n) is 0.986. The minimum atomic E-state index is 0. The molecule has 9 heavy (non-hydrogen) atoms. The molecule has 0 saturated carbocycles. The van der Waals surface area contributed by atoms with Crippen LogP contribution in [-0.2, 0) is 9.47 Å². The number of rotatable bonds is 3. The van der Waals surface area contributed by atoms with Crippen LogP contribution in [0.5, 0.6) is 0 Å². The summed E-state index contributed by atoms with van der Waals surface area (Å²) < 4.78 is 9.31. The van der Waals surface area contributed by atoms with E-state index in [0.717, 1.165) is 0 Å². The summed E-state index contributed by atoms with van der Waals surface area (Å²) in [5, 5.41) is 2.03. The maximum atomic E-state index is 4.66. The van der Waals surface area contributed by atoms with E-state index in [1.165, 1.54) is 0 Å². The van der Waals surface area contributed by atoms with Crippen molar-refractivity contribution in [3.8, 4) is 0 Å². The first-order valence-electron chi connectivity index (χ1n) is 2.60. The van der Waals surface area contributed by atoms with Crippen LogP contribution in [0.3, 0.4) is 0 Å². The molecular weight excluding hydrogens is 152 g/mol. The third-order valence-electron chi connectivity index (χ3n) is 0.492. The SMILES string of the molecule is COCCOC.[CH3][Mg+].[Cl-]. The summed E-state index contributed by atoms with van der Waals surface area (Å²) in [5.74, 6) is 0. The van der Waals surface area contributed by atoms with E-state index in [1.54, 1.807) is 14.2 Å². The van der Waals surface area contributed by atoms with Crippen LogP contribution in [0.1, 0.15) is 0 Å². The van der Waals surface area contributed by atoms with E-state index in [9.17, 15) is 0 Å². The van der Waals surface area contributed by atoms with E-state index in [0.29, 0.717) is 13.2 Å². The van der Waals surface area contributed by atoms with Gasteiger partial charge in [0.1, 0.15) is 0 Å². The van der Waals surface area contributed by atoms with Crippen LogP contribution >= 0.6 is 0 Å². The monoisotopic (exact) mass is 164 g/mol. The number of methoxy groups -OCH3 is 2. The molecular formula is C5H13ClMgO2. The number of ether oxygens (including phenoxy) is 2. The minimum Gasteiger partial charge on any atom is -1.00 e. The van der Waals surface area contributed by atoms with E-state index >= 15 is 0 Å². The van der Waals surface area contributed by atoms with Gasteiger partial charge in [0, 0.05) is 14.2 Å². The normalized spacial score (nSPS) is 6.78. The molecule has 0 aliphatic heterocycles. The Balaban J connectivity index is -0.000000109. The summed E-state index contributed by atoms with van der Waals surface area (Å²) in [4.78, 5) is 0. The van der Waals surface area contributed by atoms with Crippen molar-refractivity contribution in [1.29, 1.82) is 0 Å². The zero-order valence-corrected chi connectivity index (χ0v) is 8.49. The summed E-state index contributed by atoms with van der Waals surface area (Å²) in [7, 11) is 3.30. The molecule has 0 heterocycles. The van der Waals surface area contributed by atoms with Gasteiger partial charge in [0.15, 0.2) is 0 Å². The first-order chi connectivity index (χ1) is 3.91. The fourth-order valence-corrected chi connectivity index (χ4v) is 0.167. The predicted molar refractivity (Wildman–Crippen MR) is 35.4 cm³/mol. The van der Waals surface area contributed by atoms with Crippen molar-refractivity contribution >= 4 is 21.7 Å². The Bertz CT molecular complexity index is 26.9. The van der Waals surface area contributed by atoms with Gasteiger partial charge in [0.05, 0.1) is 13.2 Å². The molecule has 0 aliphatic rings. The largest absolute Gasteiger partial charge is 1.00 e. The number of halogens is 1. The molecule has 0 aromatic rings. The molecule has 2 nitrogen and oxygen atoms in total. The first-order valence-corrected chi connectivity index (χ1v) is 4.02. The first kappa shape index (κ1) is 16.5. The van der Waals surface area contributed by atoms with E-state index < -0.39 is 0 Å². The fraction of sp³-hybridized carbons (Fsp3) is 1.00. The van der Waals surface area contributed by atoms with Gasteiger partial charge in [0.25, 0.3) is 0 Å². The zero-order valence-electron chi connectivity index (χ0n) is 6.32. The molecule has 0 radical (unpaired) electrons. The van der Waals surface area contributed by atoms with Crippen LogP contribution in [-0.4, -0.2) is 49.1 Å². The summed E-state index contributed by atoms with van der Waals surface area (Å²) in [6.07, 6.45) is 0. The molecule has 0 rings (SSSR count). The van der Waals surface area contributed by atoms with Gasteiger partial charge in [-0.25, -0.2) is 0 Å². The van der Waals surface area contributed by atoms with Gasteiger partial charge in [-0.1, -0.05) is 0 Å². The van der Waals surface area contributed by atoms with Gasteiger partial charge >= 0.3 is 26.8 Å². The summed E-state index contributed by atoms with van der Waals surface area (Å²) in [6.45, 7) is 1.38. The average Bonchev–Trinajstić information content (AvgIpc) is 1.88. The summed E-state index contributed by atoms with van der Waals surface area (Å²) in [6, 6.07) is 0. The average molecular weight is 165 g/mol. The Morgan fingerprint density at radius 2 is 1.22 bits per heavy atom. The van der Waals surface area contributed by atoms with Crippen LogP contribution in [0.15, 0.2) is 0 Å². The standard InChI is InChI=1S/C4H10O2.CH3.ClH.Mg/c1-5-3-4-6-2;;;/h3-4H2,1-2H3;1H3;1H;/q;;;+1/p-1. The molecule has 4 heteroatoms. The van der Waals surface area contributed by atoms with Crippen molar-refractivity contribution in [3.63, 3.8) is 0 Å². The summed E-state index contributed by atoms with van der Waals surface area (Å²) >= 11 is 1.86. The van der Waals surface area contributed by atoms with Gasteiger partial charge < -0.3 is 21.9 Å². The van der Waals surface area contributed by atoms with E-state index in [1.807, 2.05) is 26.8 Å². The van der Waals surface area contributed by atoms with E-state index in [2.05, 4.69) is 9.47 Å². The van der Waals surface area contributed by atoms with E-state index in [4.69, 9.17) is 0 Å². The fourth-order valence-electron chi connectivity index (χ4n) is 0.167. The molecule has 0 atom stereocenters. The van der Waals surface area contributed by atoms with Crippen LogP contribution in [0, 0.1) is 0 Å². The quantitative estimate of drug-likeness (QED) is 0.339. The van der Waals surface area contributed by atoms with Gasteiger partial charge in [-0.05, 0) is 0 Å². The van der Waals surface area contributed by atoms with Crippen molar-refractivity contribution < 1.29 is 21.9 Å². The van der Waals surface area contributed by atoms with Gasteiger partial charge in [-0.15, -0.1) is 0 Å². The molecule has 0 fully saturated rings. The Hall–Kier alpha value is 0.976. The third-order valence-corrected chi connectivity index (χ3v) is 0.492.